The van der Waals surface area contributed by atoms with Gasteiger partial charge in [-0.05, 0) is 25.5 Å². The molecule has 0 N–H and O–H groups in total. The summed E-state index contributed by atoms with van der Waals surface area (Å²) in [4.78, 5) is 15.5. The summed E-state index contributed by atoms with van der Waals surface area (Å²) in [6.45, 7) is 5.68. The highest BCUT2D eigenvalue weighted by Gasteiger charge is 2.09. The van der Waals surface area contributed by atoms with Crippen LogP contribution in [0.3, 0.4) is 0 Å². The Bertz CT molecular complexity index is 284. The van der Waals surface area contributed by atoms with Gasteiger partial charge in [-0.15, -0.1) is 0 Å². The lowest BCUT2D eigenvalue weighted by Gasteiger charge is -2.04. The van der Waals surface area contributed by atoms with Crippen molar-refractivity contribution in [2.24, 2.45) is 0 Å². The number of hydrogen-bond acceptors (Lipinski definition) is 2. The van der Waals surface area contributed by atoms with E-state index in [9.17, 15) is 4.79 Å². The molecule has 2 nitrogen and oxygen atoms in total. The molecule has 0 radical (unpaired) electrons. The van der Waals surface area contributed by atoms with E-state index in [0.29, 0.717) is 6.42 Å². The number of rotatable bonds is 2. The Kier molecular flexibility index (Phi) is 2.58. The predicted molar refractivity (Wildman–Crippen MR) is 48.3 cm³/mol. The first-order valence-electron chi connectivity index (χ1n) is 4.12. The summed E-state index contributed by atoms with van der Waals surface area (Å²) in [6.07, 6.45) is 2.28. The fourth-order valence-electron chi connectivity index (χ4n) is 1.29. The van der Waals surface area contributed by atoms with Gasteiger partial charge in [0, 0.05) is 23.9 Å². The molecule has 1 aromatic heterocycles. The summed E-state index contributed by atoms with van der Waals surface area (Å²) >= 11 is 0. The zero-order chi connectivity index (χ0) is 9.14. The molecule has 1 aromatic rings. The molecule has 0 aliphatic rings. The largest absolute Gasteiger partial charge is 0.294 e. The summed E-state index contributed by atoms with van der Waals surface area (Å²) in [5.74, 6) is 0.179. The molecule has 12 heavy (non-hydrogen) atoms. The van der Waals surface area contributed by atoms with Crippen molar-refractivity contribution in [2.75, 3.05) is 0 Å². The molecule has 0 aliphatic heterocycles. The number of carbonyl (C=O) groups excluding carboxylic acids is 1. The quantitative estimate of drug-likeness (QED) is 0.626. The van der Waals surface area contributed by atoms with Crippen LogP contribution in [0, 0.1) is 13.8 Å². The van der Waals surface area contributed by atoms with Crippen LogP contribution in [0.15, 0.2) is 12.3 Å². The van der Waals surface area contributed by atoms with Gasteiger partial charge in [0.15, 0.2) is 5.78 Å². The standard InChI is InChI=1S/C10H13NO/c1-4-9(12)10-7(2)5-6-11-8(10)3/h5-6H,4H2,1-3H3. The average Bonchev–Trinajstić information content (AvgIpc) is 2.03. The molecular weight excluding hydrogens is 150 g/mol. The number of carbonyl (C=O) groups is 1. The minimum absolute atomic E-state index is 0.179. The van der Waals surface area contributed by atoms with Gasteiger partial charge in [0.05, 0.1) is 0 Å². The van der Waals surface area contributed by atoms with Crippen LogP contribution in [0.25, 0.3) is 0 Å². The minimum Gasteiger partial charge on any atom is -0.294 e. The Morgan fingerprint density at radius 1 is 1.50 bits per heavy atom. The Morgan fingerprint density at radius 3 is 2.67 bits per heavy atom. The normalized spacial score (nSPS) is 9.92. The molecule has 1 rings (SSSR count). The Morgan fingerprint density at radius 2 is 2.17 bits per heavy atom. The van der Waals surface area contributed by atoms with E-state index in [1.165, 1.54) is 0 Å². The first kappa shape index (κ1) is 8.91. The topological polar surface area (TPSA) is 30.0 Å². The van der Waals surface area contributed by atoms with Gasteiger partial charge in [0.25, 0.3) is 0 Å². The smallest absolute Gasteiger partial charge is 0.164 e. The highest BCUT2D eigenvalue weighted by Crippen LogP contribution is 2.12. The average molecular weight is 163 g/mol. The third kappa shape index (κ3) is 1.52. The number of aryl methyl sites for hydroxylation is 2. The molecule has 1 heterocycles. The maximum Gasteiger partial charge on any atom is 0.164 e. The second kappa shape index (κ2) is 3.48. The fraction of sp³-hybridized carbons (Fsp3) is 0.400. The molecule has 0 saturated heterocycles. The maximum atomic E-state index is 11.4. The molecular formula is C10H13NO. The Labute approximate surface area is 72.6 Å². The van der Waals surface area contributed by atoms with E-state index in [1.54, 1.807) is 6.20 Å². The van der Waals surface area contributed by atoms with Gasteiger partial charge in [-0.1, -0.05) is 6.92 Å². The Balaban J connectivity index is 3.21. The van der Waals surface area contributed by atoms with Crippen LogP contribution >= 0.6 is 0 Å². The summed E-state index contributed by atoms with van der Waals surface area (Å²) in [6, 6.07) is 1.87. The van der Waals surface area contributed by atoms with Gasteiger partial charge in [-0.25, -0.2) is 0 Å². The third-order valence-electron chi connectivity index (χ3n) is 1.95. The van der Waals surface area contributed by atoms with Crippen molar-refractivity contribution in [1.82, 2.24) is 4.98 Å². The number of Topliss-reactive ketones (excluding diaryl/α,β-unsaturated/α-hetero) is 1. The lowest BCUT2D eigenvalue weighted by molar-refractivity contribution is 0.0986. The first-order valence-corrected chi connectivity index (χ1v) is 4.12. The van der Waals surface area contributed by atoms with Crippen molar-refractivity contribution in [3.8, 4) is 0 Å². The van der Waals surface area contributed by atoms with E-state index in [1.807, 2.05) is 26.8 Å². The zero-order valence-electron chi connectivity index (χ0n) is 7.72. The number of ketones is 1. The van der Waals surface area contributed by atoms with E-state index in [2.05, 4.69) is 4.98 Å². The molecule has 0 bridgehead atoms. The molecule has 0 atom stereocenters. The summed E-state index contributed by atoms with van der Waals surface area (Å²) in [7, 11) is 0. The van der Waals surface area contributed by atoms with Gasteiger partial charge in [0.2, 0.25) is 0 Å². The second-order valence-corrected chi connectivity index (χ2v) is 2.86. The van der Waals surface area contributed by atoms with E-state index >= 15 is 0 Å². The monoisotopic (exact) mass is 163 g/mol. The number of hydrogen-bond donors (Lipinski definition) is 0. The maximum absolute atomic E-state index is 11.4. The third-order valence-corrected chi connectivity index (χ3v) is 1.95. The second-order valence-electron chi connectivity index (χ2n) is 2.86. The molecule has 64 valence electrons. The van der Waals surface area contributed by atoms with E-state index in [-0.39, 0.29) is 5.78 Å². The van der Waals surface area contributed by atoms with Gasteiger partial charge >= 0.3 is 0 Å². The molecule has 0 unspecified atom stereocenters. The predicted octanol–water partition coefficient (Wildman–Crippen LogP) is 2.29. The first-order chi connectivity index (χ1) is 5.66. The molecule has 0 fully saturated rings. The Hall–Kier alpha value is -1.18. The van der Waals surface area contributed by atoms with Crippen LogP contribution in [-0.2, 0) is 0 Å². The van der Waals surface area contributed by atoms with Crippen molar-refractivity contribution in [2.45, 2.75) is 27.2 Å². The van der Waals surface area contributed by atoms with Gasteiger partial charge in [-0.3, -0.25) is 9.78 Å². The van der Waals surface area contributed by atoms with Gasteiger partial charge in [0.1, 0.15) is 0 Å². The summed E-state index contributed by atoms with van der Waals surface area (Å²) in [5.41, 5.74) is 2.65. The zero-order valence-corrected chi connectivity index (χ0v) is 7.72. The van der Waals surface area contributed by atoms with Crippen LogP contribution < -0.4 is 0 Å². The SMILES string of the molecule is CCC(=O)c1c(C)ccnc1C. The van der Waals surface area contributed by atoms with Crippen molar-refractivity contribution in [1.29, 1.82) is 0 Å². The lowest BCUT2D eigenvalue weighted by Crippen LogP contribution is -2.04. The van der Waals surface area contributed by atoms with Gasteiger partial charge in [-0.2, -0.15) is 0 Å². The number of pyridine rings is 1. The summed E-state index contributed by atoms with van der Waals surface area (Å²) < 4.78 is 0. The molecule has 2 heteroatoms. The number of nitrogens with zero attached hydrogens (tertiary/aromatic N) is 1. The minimum atomic E-state index is 0.179. The van der Waals surface area contributed by atoms with Crippen LogP contribution in [0.4, 0.5) is 0 Å². The van der Waals surface area contributed by atoms with E-state index < -0.39 is 0 Å². The van der Waals surface area contributed by atoms with Gasteiger partial charge < -0.3 is 0 Å². The van der Waals surface area contributed by atoms with Crippen LogP contribution in [0.5, 0.6) is 0 Å². The molecule has 0 aliphatic carbocycles. The van der Waals surface area contributed by atoms with Crippen LogP contribution in [0.1, 0.15) is 35.0 Å². The highest BCUT2D eigenvalue weighted by molar-refractivity contribution is 5.98. The summed E-state index contributed by atoms with van der Waals surface area (Å²) in [5, 5.41) is 0. The van der Waals surface area contributed by atoms with Crippen molar-refractivity contribution < 1.29 is 4.79 Å². The van der Waals surface area contributed by atoms with E-state index in [4.69, 9.17) is 0 Å². The molecule has 0 saturated carbocycles. The number of aromatic nitrogens is 1. The highest BCUT2D eigenvalue weighted by atomic mass is 16.1. The van der Waals surface area contributed by atoms with Crippen molar-refractivity contribution in [3.63, 3.8) is 0 Å². The van der Waals surface area contributed by atoms with Crippen LogP contribution in [-0.4, -0.2) is 10.8 Å². The van der Waals surface area contributed by atoms with Crippen molar-refractivity contribution >= 4 is 5.78 Å². The lowest BCUT2D eigenvalue weighted by atomic mass is 10.0. The molecule has 0 spiro atoms. The molecule has 0 amide bonds. The van der Waals surface area contributed by atoms with Crippen LogP contribution in [0.2, 0.25) is 0 Å². The van der Waals surface area contributed by atoms with E-state index in [0.717, 1.165) is 16.8 Å². The fourth-order valence-corrected chi connectivity index (χ4v) is 1.29. The molecule has 0 aromatic carbocycles. The van der Waals surface area contributed by atoms with Crippen molar-refractivity contribution in [3.05, 3.63) is 29.1 Å².